The Morgan fingerprint density at radius 2 is 2.16 bits per heavy atom. The SMILES string of the molecule is Cc1ccc2onc(CC(=O)Nc3nc(-c4ccccn4)cs3)c2c1. The average Bonchev–Trinajstić information content (AvgIpc) is 3.23. The number of rotatable bonds is 4. The second kappa shape index (κ2) is 6.45. The smallest absolute Gasteiger partial charge is 0.232 e. The number of aryl methyl sites for hydroxylation is 1. The van der Waals surface area contributed by atoms with Gasteiger partial charge in [-0.25, -0.2) is 4.98 Å². The standard InChI is InChI=1S/C18H14N4O2S/c1-11-5-6-16-12(8-11)14(22-24-16)9-17(23)21-18-20-15(10-25-18)13-4-2-3-7-19-13/h2-8,10H,9H2,1H3,(H,20,21,23). The minimum atomic E-state index is -0.182. The normalized spacial score (nSPS) is 10.9. The van der Waals surface area contributed by atoms with Gasteiger partial charge in [-0.15, -0.1) is 11.3 Å². The number of aromatic nitrogens is 3. The molecule has 3 heterocycles. The lowest BCUT2D eigenvalue weighted by atomic mass is 10.1. The predicted octanol–water partition coefficient (Wildman–Crippen LogP) is 3.84. The van der Waals surface area contributed by atoms with E-state index in [4.69, 9.17) is 4.52 Å². The van der Waals surface area contributed by atoms with Crippen molar-refractivity contribution in [1.82, 2.24) is 15.1 Å². The number of benzene rings is 1. The molecule has 0 spiro atoms. The van der Waals surface area contributed by atoms with Gasteiger partial charge in [-0.1, -0.05) is 22.9 Å². The van der Waals surface area contributed by atoms with Gasteiger partial charge in [0.15, 0.2) is 10.7 Å². The molecule has 6 nitrogen and oxygen atoms in total. The molecule has 25 heavy (non-hydrogen) atoms. The number of nitrogens with zero attached hydrogens (tertiary/aromatic N) is 3. The van der Waals surface area contributed by atoms with E-state index in [0.717, 1.165) is 22.3 Å². The molecule has 1 amide bonds. The van der Waals surface area contributed by atoms with Crippen molar-refractivity contribution in [3.05, 3.63) is 59.2 Å². The van der Waals surface area contributed by atoms with Crippen LogP contribution in [-0.2, 0) is 11.2 Å². The number of amides is 1. The molecular weight excluding hydrogens is 336 g/mol. The second-order valence-electron chi connectivity index (χ2n) is 5.61. The summed E-state index contributed by atoms with van der Waals surface area (Å²) in [4.78, 5) is 21.0. The van der Waals surface area contributed by atoms with Crippen LogP contribution in [0, 0.1) is 6.92 Å². The molecule has 0 saturated heterocycles. The summed E-state index contributed by atoms with van der Waals surface area (Å²) >= 11 is 1.36. The summed E-state index contributed by atoms with van der Waals surface area (Å²) in [6.45, 7) is 1.99. The van der Waals surface area contributed by atoms with Gasteiger partial charge < -0.3 is 9.84 Å². The molecule has 124 valence electrons. The highest BCUT2D eigenvalue weighted by molar-refractivity contribution is 7.14. The number of nitrogens with one attached hydrogen (secondary N) is 1. The highest BCUT2D eigenvalue weighted by atomic mass is 32.1. The molecule has 4 aromatic rings. The molecule has 0 unspecified atom stereocenters. The van der Waals surface area contributed by atoms with Crippen LogP contribution in [-0.4, -0.2) is 21.0 Å². The van der Waals surface area contributed by atoms with Crippen molar-refractivity contribution in [3.63, 3.8) is 0 Å². The molecule has 4 rings (SSSR count). The molecule has 1 N–H and O–H groups in total. The Labute approximate surface area is 147 Å². The third kappa shape index (κ3) is 3.27. The lowest BCUT2D eigenvalue weighted by Gasteiger charge is -2.00. The van der Waals surface area contributed by atoms with Gasteiger partial charge in [0.2, 0.25) is 5.91 Å². The Morgan fingerprint density at radius 1 is 1.24 bits per heavy atom. The predicted molar refractivity (Wildman–Crippen MR) is 96.4 cm³/mol. The van der Waals surface area contributed by atoms with E-state index in [-0.39, 0.29) is 12.3 Å². The maximum atomic E-state index is 12.3. The van der Waals surface area contributed by atoms with E-state index in [1.165, 1.54) is 11.3 Å². The first-order valence-corrected chi connectivity index (χ1v) is 8.59. The summed E-state index contributed by atoms with van der Waals surface area (Å²) in [5.41, 5.74) is 3.91. The van der Waals surface area contributed by atoms with Crippen LogP contribution in [0.3, 0.4) is 0 Å². The molecule has 0 fully saturated rings. The van der Waals surface area contributed by atoms with Crippen molar-refractivity contribution in [1.29, 1.82) is 0 Å². The van der Waals surface area contributed by atoms with Crippen LogP contribution in [0.15, 0.2) is 52.5 Å². The van der Waals surface area contributed by atoms with Gasteiger partial charge in [-0.3, -0.25) is 9.78 Å². The van der Waals surface area contributed by atoms with Crippen LogP contribution in [0.1, 0.15) is 11.3 Å². The first-order chi connectivity index (χ1) is 12.2. The lowest BCUT2D eigenvalue weighted by Crippen LogP contribution is -2.14. The van der Waals surface area contributed by atoms with Gasteiger partial charge in [0.25, 0.3) is 0 Å². The van der Waals surface area contributed by atoms with E-state index in [1.54, 1.807) is 6.20 Å². The molecule has 0 aliphatic rings. The fourth-order valence-electron chi connectivity index (χ4n) is 2.51. The van der Waals surface area contributed by atoms with Gasteiger partial charge >= 0.3 is 0 Å². The summed E-state index contributed by atoms with van der Waals surface area (Å²) in [6.07, 6.45) is 1.85. The van der Waals surface area contributed by atoms with Gasteiger partial charge in [-0.05, 0) is 31.2 Å². The minimum absolute atomic E-state index is 0.134. The maximum absolute atomic E-state index is 12.3. The summed E-state index contributed by atoms with van der Waals surface area (Å²) in [5, 5.41) is 10.1. The van der Waals surface area contributed by atoms with E-state index in [1.807, 2.05) is 48.7 Å². The van der Waals surface area contributed by atoms with Crippen molar-refractivity contribution >= 4 is 33.3 Å². The van der Waals surface area contributed by atoms with Gasteiger partial charge in [-0.2, -0.15) is 0 Å². The van der Waals surface area contributed by atoms with Gasteiger partial charge in [0, 0.05) is 17.0 Å². The van der Waals surface area contributed by atoms with Crippen LogP contribution in [0.2, 0.25) is 0 Å². The Balaban J connectivity index is 1.49. The van der Waals surface area contributed by atoms with E-state index in [2.05, 4.69) is 20.4 Å². The number of anilines is 1. The van der Waals surface area contributed by atoms with Gasteiger partial charge in [0.1, 0.15) is 11.4 Å². The van der Waals surface area contributed by atoms with E-state index in [0.29, 0.717) is 16.4 Å². The monoisotopic (exact) mass is 350 g/mol. The van der Waals surface area contributed by atoms with Crippen molar-refractivity contribution in [2.24, 2.45) is 0 Å². The molecule has 3 aromatic heterocycles. The summed E-state index contributed by atoms with van der Waals surface area (Å²) in [7, 11) is 0. The molecule has 0 aliphatic carbocycles. The topological polar surface area (TPSA) is 80.9 Å². The number of carbonyl (C=O) groups is 1. The molecule has 0 aliphatic heterocycles. The lowest BCUT2D eigenvalue weighted by molar-refractivity contribution is -0.115. The van der Waals surface area contributed by atoms with E-state index in [9.17, 15) is 4.79 Å². The zero-order valence-electron chi connectivity index (χ0n) is 13.4. The summed E-state index contributed by atoms with van der Waals surface area (Å²) in [5.74, 6) is -0.182. The van der Waals surface area contributed by atoms with E-state index < -0.39 is 0 Å². The fraction of sp³-hybridized carbons (Fsp3) is 0.111. The minimum Gasteiger partial charge on any atom is -0.356 e. The first-order valence-electron chi connectivity index (χ1n) is 7.71. The number of hydrogen-bond donors (Lipinski definition) is 1. The molecule has 0 atom stereocenters. The molecule has 0 radical (unpaired) electrons. The molecule has 0 bridgehead atoms. The van der Waals surface area contributed by atoms with Crippen molar-refractivity contribution in [2.45, 2.75) is 13.3 Å². The largest absolute Gasteiger partial charge is 0.356 e. The summed E-state index contributed by atoms with van der Waals surface area (Å²) in [6, 6.07) is 11.4. The van der Waals surface area contributed by atoms with Crippen molar-refractivity contribution < 1.29 is 9.32 Å². The van der Waals surface area contributed by atoms with E-state index >= 15 is 0 Å². The Bertz CT molecular complexity index is 1040. The summed E-state index contributed by atoms with van der Waals surface area (Å²) < 4.78 is 5.27. The van der Waals surface area contributed by atoms with Crippen LogP contribution in [0.25, 0.3) is 22.4 Å². The fourth-order valence-corrected chi connectivity index (χ4v) is 3.23. The Morgan fingerprint density at radius 3 is 3.00 bits per heavy atom. The number of thiazole rings is 1. The van der Waals surface area contributed by atoms with Crippen LogP contribution >= 0.6 is 11.3 Å². The zero-order valence-corrected chi connectivity index (χ0v) is 14.2. The van der Waals surface area contributed by atoms with Crippen LogP contribution < -0.4 is 5.32 Å². The zero-order chi connectivity index (χ0) is 17.2. The third-order valence-corrected chi connectivity index (χ3v) is 4.46. The van der Waals surface area contributed by atoms with Crippen molar-refractivity contribution in [3.8, 4) is 11.4 Å². The molecule has 7 heteroatoms. The Kier molecular flexibility index (Phi) is 3.99. The first kappa shape index (κ1) is 15.5. The average molecular weight is 350 g/mol. The second-order valence-corrected chi connectivity index (χ2v) is 6.46. The molecule has 0 saturated carbocycles. The highest BCUT2D eigenvalue weighted by Crippen LogP contribution is 2.24. The maximum Gasteiger partial charge on any atom is 0.232 e. The Hall–Kier alpha value is -3.06. The number of carbonyl (C=O) groups excluding carboxylic acids is 1. The quantitative estimate of drug-likeness (QED) is 0.605. The number of fused-ring (bicyclic) bond motifs is 1. The third-order valence-electron chi connectivity index (χ3n) is 3.71. The van der Waals surface area contributed by atoms with Crippen molar-refractivity contribution in [2.75, 3.05) is 5.32 Å². The molecular formula is C18H14N4O2S. The molecule has 1 aromatic carbocycles. The van der Waals surface area contributed by atoms with Crippen LogP contribution in [0.5, 0.6) is 0 Å². The number of pyridine rings is 1. The van der Waals surface area contributed by atoms with Gasteiger partial charge in [0.05, 0.1) is 12.1 Å². The highest BCUT2D eigenvalue weighted by Gasteiger charge is 2.14. The van der Waals surface area contributed by atoms with Crippen LogP contribution in [0.4, 0.5) is 5.13 Å². The number of hydrogen-bond acceptors (Lipinski definition) is 6.